The fourth-order valence-corrected chi connectivity index (χ4v) is 1.75. The Labute approximate surface area is 120 Å². The maximum atomic E-state index is 13.4. The van der Waals surface area contributed by atoms with Gasteiger partial charge < -0.3 is 5.32 Å². The largest absolute Gasteiger partial charge is 0.318 e. The Balaban J connectivity index is 2.27. The second-order valence-corrected chi connectivity index (χ2v) is 4.67. The third kappa shape index (κ3) is 3.24. The number of halogens is 4. The maximum absolute atomic E-state index is 13.4. The van der Waals surface area contributed by atoms with Crippen molar-refractivity contribution in [3.8, 4) is 0 Å². The Morgan fingerprint density at radius 2 is 2.00 bits per heavy atom. The van der Waals surface area contributed by atoms with E-state index in [1.54, 1.807) is 0 Å². The normalized spacial score (nSPS) is 10.3. The SMILES string of the molecule is O=C(Nc1cc(Br)c(F)cc1F)c1cncc(Cl)n1. The summed E-state index contributed by atoms with van der Waals surface area (Å²) in [6, 6.07) is 1.77. The fourth-order valence-electron chi connectivity index (χ4n) is 1.26. The number of nitrogens with one attached hydrogen (secondary N) is 1. The molecule has 0 saturated heterocycles. The van der Waals surface area contributed by atoms with Gasteiger partial charge >= 0.3 is 0 Å². The number of carbonyl (C=O) groups is 1. The van der Waals surface area contributed by atoms with Gasteiger partial charge in [-0.2, -0.15) is 0 Å². The van der Waals surface area contributed by atoms with Gasteiger partial charge in [0.05, 0.1) is 22.6 Å². The molecule has 2 aromatic rings. The van der Waals surface area contributed by atoms with Crippen LogP contribution in [0.2, 0.25) is 5.15 Å². The Morgan fingerprint density at radius 3 is 2.68 bits per heavy atom. The van der Waals surface area contributed by atoms with E-state index in [4.69, 9.17) is 11.6 Å². The molecule has 0 bridgehead atoms. The quantitative estimate of drug-likeness (QED) is 0.846. The molecule has 1 heterocycles. The number of nitrogens with zero attached hydrogens (tertiary/aromatic N) is 2. The first-order valence-corrected chi connectivity index (χ1v) is 6.08. The van der Waals surface area contributed by atoms with E-state index < -0.39 is 17.5 Å². The summed E-state index contributed by atoms with van der Waals surface area (Å²) in [7, 11) is 0. The van der Waals surface area contributed by atoms with E-state index in [2.05, 4.69) is 31.2 Å². The van der Waals surface area contributed by atoms with Gasteiger partial charge in [-0.1, -0.05) is 11.6 Å². The smallest absolute Gasteiger partial charge is 0.276 e. The molecule has 0 saturated carbocycles. The molecule has 0 spiro atoms. The van der Waals surface area contributed by atoms with Crippen molar-refractivity contribution in [2.45, 2.75) is 0 Å². The van der Waals surface area contributed by atoms with Crippen LogP contribution < -0.4 is 5.32 Å². The van der Waals surface area contributed by atoms with Crippen LogP contribution in [0.5, 0.6) is 0 Å². The van der Waals surface area contributed by atoms with Gasteiger partial charge in [-0.25, -0.2) is 13.8 Å². The number of benzene rings is 1. The average molecular weight is 349 g/mol. The first-order chi connectivity index (χ1) is 8.97. The van der Waals surface area contributed by atoms with Gasteiger partial charge in [-0.05, 0) is 22.0 Å². The minimum Gasteiger partial charge on any atom is -0.318 e. The van der Waals surface area contributed by atoms with Gasteiger partial charge in [0.2, 0.25) is 0 Å². The molecule has 0 radical (unpaired) electrons. The molecule has 2 rings (SSSR count). The Morgan fingerprint density at radius 1 is 1.26 bits per heavy atom. The summed E-state index contributed by atoms with van der Waals surface area (Å²) >= 11 is 8.48. The van der Waals surface area contributed by atoms with Crippen LogP contribution in [0.3, 0.4) is 0 Å². The van der Waals surface area contributed by atoms with Crippen molar-refractivity contribution in [3.63, 3.8) is 0 Å². The van der Waals surface area contributed by atoms with E-state index in [9.17, 15) is 13.6 Å². The van der Waals surface area contributed by atoms with Crippen LogP contribution >= 0.6 is 27.5 Å². The summed E-state index contributed by atoms with van der Waals surface area (Å²) in [5, 5.41) is 2.29. The highest BCUT2D eigenvalue weighted by atomic mass is 79.9. The van der Waals surface area contributed by atoms with E-state index in [0.717, 1.165) is 6.07 Å². The van der Waals surface area contributed by atoms with Gasteiger partial charge in [-0.3, -0.25) is 9.78 Å². The minimum absolute atomic E-state index is 0.0291. The topological polar surface area (TPSA) is 54.9 Å². The lowest BCUT2D eigenvalue weighted by atomic mass is 10.3. The number of aromatic nitrogens is 2. The Kier molecular flexibility index (Phi) is 4.06. The summed E-state index contributed by atoms with van der Waals surface area (Å²) in [5.74, 6) is -2.37. The van der Waals surface area contributed by atoms with Crippen LogP contribution in [0.15, 0.2) is 29.0 Å². The molecule has 0 aliphatic rings. The average Bonchev–Trinajstić information content (AvgIpc) is 2.36. The first kappa shape index (κ1) is 13.8. The molecular weight excluding hydrogens is 343 g/mol. The Bertz CT molecular complexity index is 654. The molecule has 0 fully saturated rings. The molecule has 19 heavy (non-hydrogen) atoms. The highest BCUT2D eigenvalue weighted by Gasteiger charge is 2.14. The van der Waals surface area contributed by atoms with Gasteiger partial charge in [0.15, 0.2) is 0 Å². The molecular formula is C11H5BrClF2N3O. The molecule has 1 N–H and O–H groups in total. The number of rotatable bonds is 2. The highest BCUT2D eigenvalue weighted by Crippen LogP contribution is 2.24. The molecule has 0 aliphatic carbocycles. The standard InChI is InChI=1S/C11H5BrClF2N3O/c12-5-1-8(7(15)2-6(5)14)18-11(19)9-3-16-4-10(13)17-9/h1-4H,(H,18,19). The first-order valence-electron chi connectivity index (χ1n) is 4.91. The molecule has 1 aromatic heterocycles. The molecule has 1 aromatic carbocycles. The molecule has 1 amide bonds. The maximum Gasteiger partial charge on any atom is 0.276 e. The summed E-state index contributed by atoms with van der Waals surface area (Å²) in [4.78, 5) is 19.2. The van der Waals surface area contributed by atoms with E-state index in [0.29, 0.717) is 6.07 Å². The van der Waals surface area contributed by atoms with Crippen molar-refractivity contribution in [1.82, 2.24) is 9.97 Å². The van der Waals surface area contributed by atoms with Crippen LogP contribution in [0.25, 0.3) is 0 Å². The fraction of sp³-hybridized carbons (Fsp3) is 0. The molecule has 98 valence electrons. The zero-order valence-electron chi connectivity index (χ0n) is 9.12. The van der Waals surface area contributed by atoms with Crippen molar-refractivity contribution >= 4 is 39.1 Å². The van der Waals surface area contributed by atoms with Crippen LogP contribution in [0.1, 0.15) is 10.5 Å². The van der Waals surface area contributed by atoms with Crippen molar-refractivity contribution in [2.24, 2.45) is 0 Å². The van der Waals surface area contributed by atoms with Crippen molar-refractivity contribution in [2.75, 3.05) is 5.32 Å². The summed E-state index contributed by atoms with van der Waals surface area (Å²) in [6.07, 6.45) is 2.44. The molecule has 8 heteroatoms. The second kappa shape index (κ2) is 5.58. The summed E-state index contributed by atoms with van der Waals surface area (Å²) in [6.45, 7) is 0. The number of amides is 1. The molecule has 0 aliphatic heterocycles. The van der Waals surface area contributed by atoms with Crippen LogP contribution in [0.4, 0.5) is 14.5 Å². The number of carbonyl (C=O) groups excluding carboxylic acids is 1. The summed E-state index contributed by atoms with van der Waals surface area (Å²) in [5.41, 5.74) is -0.257. The zero-order valence-corrected chi connectivity index (χ0v) is 11.5. The number of hydrogen-bond acceptors (Lipinski definition) is 3. The minimum atomic E-state index is -0.899. The van der Waals surface area contributed by atoms with Crippen LogP contribution in [-0.2, 0) is 0 Å². The number of hydrogen-bond donors (Lipinski definition) is 1. The van der Waals surface area contributed by atoms with Crippen LogP contribution in [0, 0.1) is 11.6 Å². The Hall–Kier alpha value is -1.60. The van der Waals surface area contributed by atoms with Gasteiger partial charge in [0.1, 0.15) is 22.5 Å². The van der Waals surface area contributed by atoms with Crippen molar-refractivity contribution < 1.29 is 13.6 Å². The number of anilines is 1. The second-order valence-electron chi connectivity index (χ2n) is 3.43. The molecule has 0 atom stereocenters. The lowest BCUT2D eigenvalue weighted by Crippen LogP contribution is -2.15. The monoisotopic (exact) mass is 347 g/mol. The third-order valence-electron chi connectivity index (χ3n) is 2.10. The van der Waals surface area contributed by atoms with E-state index >= 15 is 0 Å². The van der Waals surface area contributed by atoms with Gasteiger partial charge in [0, 0.05) is 6.07 Å². The zero-order chi connectivity index (χ0) is 14.0. The van der Waals surface area contributed by atoms with Gasteiger partial charge in [-0.15, -0.1) is 0 Å². The third-order valence-corrected chi connectivity index (χ3v) is 2.89. The van der Waals surface area contributed by atoms with Crippen molar-refractivity contribution in [1.29, 1.82) is 0 Å². The molecule has 0 unspecified atom stereocenters. The lowest BCUT2D eigenvalue weighted by molar-refractivity contribution is 0.102. The van der Waals surface area contributed by atoms with Crippen LogP contribution in [-0.4, -0.2) is 15.9 Å². The molecule has 4 nitrogen and oxygen atoms in total. The predicted octanol–water partition coefficient (Wildman–Crippen LogP) is 3.42. The highest BCUT2D eigenvalue weighted by molar-refractivity contribution is 9.10. The van der Waals surface area contributed by atoms with Crippen molar-refractivity contribution in [3.05, 3.63) is 51.5 Å². The lowest BCUT2D eigenvalue weighted by Gasteiger charge is -2.07. The predicted molar refractivity (Wildman–Crippen MR) is 69.1 cm³/mol. The van der Waals surface area contributed by atoms with E-state index in [1.165, 1.54) is 12.4 Å². The van der Waals surface area contributed by atoms with Gasteiger partial charge in [0.25, 0.3) is 5.91 Å². The van der Waals surface area contributed by atoms with E-state index in [1.807, 2.05) is 0 Å². The van der Waals surface area contributed by atoms with E-state index in [-0.39, 0.29) is 21.0 Å². The summed E-state index contributed by atoms with van der Waals surface area (Å²) < 4.78 is 26.5.